The quantitative estimate of drug-likeness (QED) is 0.810. The largest absolute Gasteiger partial charge is 0.341 e. The van der Waals surface area contributed by atoms with Crippen molar-refractivity contribution in [1.29, 1.82) is 0 Å². The number of benzene rings is 1. The molecule has 0 saturated carbocycles. The van der Waals surface area contributed by atoms with E-state index in [2.05, 4.69) is 10.6 Å². The molecule has 5 nitrogen and oxygen atoms in total. The third kappa shape index (κ3) is 4.09. The van der Waals surface area contributed by atoms with E-state index in [0.29, 0.717) is 36.2 Å². The monoisotopic (exact) mass is 329 g/mol. The Balaban J connectivity index is 1.99. The van der Waals surface area contributed by atoms with E-state index in [1.165, 1.54) is 0 Å². The summed E-state index contributed by atoms with van der Waals surface area (Å²) in [6, 6.07) is 4.68. The van der Waals surface area contributed by atoms with E-state index >= 15 is 0 Å². The Morgan fingerprint density at radius 1 is 1.29 bits per heavy atom. The van der Waals surface area contributed by atoms with Crippen LogP contribution in [0.25, 0.3) is 0 Å². The van der Waals surface area contributed by atoms with Crippen molar-refractivity contribution in [2.24, 2.45) is 0 Å². The molecule has 114 valence electrons. The van der Waals surface area contributed by atoms with E-state index in [4.69, 9.17) is 23.2 Å². The first-order valence-electron chi connectivity index (χ1n) is 6.74. The first-order valence-corrected chi connectivity index (χ1v) is 7.50. The molecule has 2 amide bonds. The second-order valence-electron chi connectivity index (χ2n) is 4.90. The summed E-state index contributed by atoms with van der Waals surface area (Å²) in [4.78, 5) is 25.6. The van der Waals surface area contributed by atoms with Crippen molar-refractivity contribution in [3.8, 4) is 0 Å². The molecule has 2 N–H and O–H groups in total. The van der Waals surface area contributed by atoms with Crippen LogP contribution >= 0.6 is 23.2 Å². The summed E-state index contributed by atoms with van der Waals surface area (Å²) in [5.74, 6) is -1.12. The number of amides is 2. The first-order chi connectivity index (χ1) is 9.99. The van der Waals surface area contributed by atoms with E-state index < -0.39 is 11.8 Å². The van der Waals surface area contributed by atoms with Crippen LogP contribution in [0, 0.1) is 0 Å². The van der Waals surface area contributed by atoms with Crippen LogP contribution in [0.1, 0.15) is 18.5 Å². The van der Waals surface area contributed by atoms with Crippen LogP contribution in [-0.4, -0.2) is 42.9 Å². The molecule has 0 aliphatic carbocycles. The van der Waals surface area contributed by atoms with Crippen molar-refractivity contribution in [2.75, 3.05) is 26.2 Å². The van der Waals surface area contributed by atoms with Gasteiger partial charge in [-0.25, -0.2) is 0 Å². The standard InChI is InChI=1S/C14H17Cl2N3O2/c1-9(11-3-2-10(15)8-12(11)16)18-13(20)14(21)19-6-4-17-5-7-19/h2-3,8-9,17H,4-7H2,1H3,(H,18,20). The van der Waals surface area contributed by atoms with Crippen LogP contribution in [0.15, 0.2) is 18.2 Å². The molecular formula is C14H17Cl2N3O2. The first kappa shape index (κ1) is 16.1. The van der Waals surface area contributed by atoms with Gasteiger partial charge in [0.05, 0.1) is 6.04 Å². The van der Waals surface area contributed by atoms with Gasteiger partial charge in [0, 0.05) is 36.2 Å². The zero-order chi connectivity index (χ0) is 15.4. The third-order valence-electron chi connectivity index (χ3n) is 3.38. The topological polar surface area (TPSA) is 61.4 Å². The molecule has 1 heterocycles. The molecule has 0 bridgehead atoms. The molecular weight excluding hydrogens is 313 g/mol. The predicted octanol–water partition coefficient (Wildman–Crippen LogP) is 1.60. The van der Waals surface area contributed by atoms with Crippen molar-refractivity contribution < 1.29 is 9.59 Å². The number of carbonyl (C=O) groups excluding carboxylic acids is 2. The second-order valence-corrected chi connectivity index (χ2v) is 5.75. The molecule has 7 heteroatoms. The normalized spacial score (nSPS) is 16.4. The lowest BCUT2D eigenvalue weighted by atomic mass is 10.1. The number of hydrogen-bond donors (Lipinski definition) is 2. The summed E-state index contributed by atoms with van der Waals surface area (Å²) < 4.78 is 0. The Bertz CT molecular complexity index is 545. The van der Waals surface area contributed by atoms with Crippen molar-refractivity contribution in [1.82, 2.24) is 15.5 Å². The second kappa shape index (κ2) is 7.11. The molecule has 1 aliphatic rings. The van der Waals surface area contributed by atoms with E-state index in [1.54, 1.807) is 30.0 Å². The van der Waals surface area contributed by atoms with E-state index in [0.717, 1.165) is 5.56 Å². The van der Waals surface area contributed by atoms with E-state index in [9.17, 15) is 9.59 Å². The lowest BCUT2D eigenvalue weighted by Crippen LogP contribution is -2.51. The SMILES string of the molecule is CC(NC(=O)C(=O)N1CCNCC1)c1ccc(Cl)cc1Cl. The van der Waals surface area contributed by atoms with Crippen LogP contribution in [0.4, 0.5) is 0 Å². The highest BCUT2D eigenvalue weighted by Gasteiger charge is 2.25. The van der Waals surface area contributed by atoms with Crippen molar-refractivity contribution in [2.45, 2.75) is 13.0 Å². The van der Waals surface area contributed by atoms with Crippen LogP contribution in [0.2, 0.25) is 10.0 Å². The van der Waals surface area contributed by atoms with Gasteiger partial charge >= 0.3 is 11.8 Å². The molecule has 1 saturated heterocycles. The Morgan fingerprint density at radius 3 is 2.57 bits per heavy atom. The summed E-state index contributed by atoms with van der Waals surface area (Å²) in [6.07, 6.45) is 0. The number of halogens is 2. The summed E-state index contributed by atoms with van der Waals surface area (Å²) >= 11 is 11.9. The van der Waals surface area contributed by atoms with Crippen LogP contribution in [0.5, 0.6) is 0 Å². The van der Waals surface area contributed by atoms with Gasteiger partial charge in [0.2, 0.25) is 0 Å². The van der Waals surface area contributed by atoms with Crippen LogP contribution in [-0.2, 0) is 9.59 Å². The molecule has 1 aromatic carbocycles. The minimum absolute atomic E-state index is 0.367. The molecule has 0 radical (unpaired) electrons. The summed E-state index contributed by atoms with van der Waals surface area (Å²) in [6.45, 7) is 4.28. The molecule has 1 atom stereocenters. The minimum atomic E-state index is -0.615. The zero-order valence-electron chi connectivity index (χ0n) is 11.7. The Morgan fingerprint density at radius 2 is 1.95 bits per heavy atom. The lowest BCUT2D eigenvalue weighted by molar-refractivity contribution is -0.146. The molecule has 0 aromatic heterocycles. The van der Waals surface area contributed by atoms with Gasteiger partial charge < -0.3 is 15.5 Å². The third-order valence-corrected chi connectivity index (χ3v) is 3.94. The zero-order valence-corrected chi connectivity index (χ0v) is 13.2. The Hall–Kier alpha value is -1.30. The average molecular weight is 330 g/mol. The molecule has 21 heavy (non-hydrogen) atoms. The van der Waals surface area contributed by atoms with Crippen LogP contribution < -0.4 is 10.6 Å². The maximum Gasteiger partial charge on any atom is 0.311 e. The summed E-state index contributed by atoms with van der Waals surface area (Å²) in [7, 11) is 0. The van der Waals surface area contributed by atoms with Crippen LogP contribution in [0.3, 0.4) is 0 Å². The van der Waals surface area contributed by atoms with Gasteiger partial charge in [-0.3, -0.25) is 9.59 Å². The number of hydrogen-bond acceptors (Lipinski definition) is 3. The van der Waals surface area contributed by atoms with Gasteiger partial charge in [-0.15, -0.1) is 0 Å². The highest BCUT2D eigenvalue weighted by atomic mass is 35.5. The fourth-order valence-corrected chi connectivity index (χ4v) is 2.77. The average Bonchev–Trinajstić information content (AvgIpc) is 2.47. The highest BCUT2D eigenvalue weighted by molar-refractivity contribution is 6.36. The Labute approximate surface area is 133 Å². The summed E-state index contributed by atoms with van der Waals surface area (Å²) in [5, 5.41) is 6.80. The Kier molecular flexibility index (Phi) is 5.45. The van der Waals surface area contributed by atoms with Crippen molar-refractivity contribution in [3.63, 3.8) is 0 Å². The molecule has 1 aromatic rings. The van der Waals surface area contributed by atoms with Crippen molar-refractivity contribution in [3.05, 3.63) is 33.8 Å². The van der Waals surface area contributed by atoms with Gasteiger partial charge in [0.25, 0.3) is 0 Å². The number of rotatable bonds is 2. The summed E-state index contributed by atoms with van der Waals surface area (Å²) in [5.41, 5.74) is 0.725. The maximum absolute atomic E-state index is 12.0. The fourth-order valence-electron chi connectivity index (χ4n) is 2.20. The number of piperazine rings is 1. The fraction of sp³-hybridized carbons (Fsp3) is 0.429. The number of nitrogens with one attached hydrogen (secondary N) is 2. The minimum Gasteiger partial charge on any atom is -0.341 e. The molecule has 1 fully saturated rings. The number of carbonyl (C=O) groups is 2. The van der Waals surface area contributed by atoms with Gasteiger partial charge in [-0.1, -0.05) is 29.3 Å². The van der Waals surface area contributed by atoms with Gasteiger partial charge in [-0.2, -0.15) is 0 Å². The van der Waals surface area contributed by atoms with E-state index in [-0.39, 0.29) is 6.04 Å². The molecule has 0 spiro atoms. The van der Waals surface area contributed by atoms with Gasteiger partial charge in [-0.05, 0) is 24.6 Å². The van der Waals surface area contributed by atoms with Crippen molar-refractivity contribution >= 4 is 35.0 Å². The van der Waals surface area contributed by atoms with Gasteiger partial charge in [0.15, 0.2) is 0 Å². The molecule has 1 aliphatic heterocycles. The number of nitrogens with zero attached hydrogens (tertiary/aromatic N) is 1. The highest BCUT2D eigenvalue weighted by Crippen LogP contribution is 2.26. The predicted molar refractivity (Wildman–Crippen MR) is 82.5 cm³/mol. The smallest absolute Gasteiger partial charge is 0.311 e. The lowest BCUT2D eigenvalue weighted by Gasteiger charge is -2.27. The van der Waals surface area contributed by atoms with Gasteiger partial charge in [0.1, 0.15) is 0 Å². The van der Waals surface area contributed by atoms with E-state index in [1.807, 2.05) is 0 Å². The molecule has 1 unspecified atom stereocenters. The maximum atomic E-state index is 12.0. The molecule has 2 rings (SSSR count).